The van der Waals surface area contributed by atoms with Crippen LogP contribution < -0.4 is 5.19 Å². The van der Waals surface area contributed by atoms with E-state index in [0.717, 1.165) is 16.3 Å². The Labute approximate surface area is 166 Å². The molecule has 136 valence electrons. The van der Waals surface area contributed by atoms with Gasteiger partial charge in [-0.1, -0.05) is 49.1 Å². The van der Waals surface area contributed by atoms with Crippen molar-refractivity contribution in [1.29, 1.82) is 0 Å². The highest BCUT2D eigenvalue weighted by Gasteiger charge is 2.22. The molecule has 0 saturated heterocycles. The zero-order valence-electron chi connectivity index (χ0n) is 17.6. The average Bonchev–Trinajstić information content (AvgIpc) is 2.99. The summed E-state index contributed by atoms with van der Waals surface area (Å²) in [6.07, 6.45) is 0.338. The van der Waals surface area contributed by atoms with E-state index in [2.05, 4.69) is 79.5 Å². The first kappa shape index (κ1) is 15.1. The van der Waals surface area contributed by atoms with Crippen molar-refractivity contribution in [2.24, 2.45) is 0 Å². The molecule has 0 saturated carbocycles. The van der Waals surface area contributed by atoms with E-state index in [1.165, 1.54) is 43.5 Å². The van der Waals surface area contributed by atoms with Crippen molar-refractivity contribution in [2.75, 3.05) is 0 Å². The molecule has 0 fully saturated rings. The van der Waals surface area contributed by atoms with Crippen LogP contribution in [0.1, 0.15) is 6.93 Å². The normalized spacial score (nSPS) is 13.5. The van der Waals surface area contributed by atoms with Crippen LogP contribution in [0.15, 0.2) is 60.8 Å². The van der Waals surface area contributed by atoms with Gasteiger partial charge in [-0.15, -0.1) is 0 Å². The van der Waals surface area contributed by atoms with Gasteiger partial charge in [0.1, 0.15) is 0 Å². The lowest BCUT2D eigenvalue weighted by molar-refractivity contribution is 1.33. The van der Waals surface area contributed by atoms with Gasteiger partial charge in [-0.3, -0.25) is 4.98 Å². The van der Waals surface area contributed by atoms with Crippen molar-refractivity contribution < 1.29 is 1.37 Å². The molecule has 3 heterocycles. The van der Waals surface area contributed by atoms with Crippen LogP contribution in [-0.2, 0) is 0 Å². The van der Waals surface area contributed by atoms with E-state index in [4.69, 9.17) is 6.35 Å². The molecule has 0 aliphatic rings. The third-order valence-electron chi connectivity index (χ3n) is 6.06. The second-order valence-electron chi connectivity index (χ2n) is 9.00. The van der Waals surface area contributed by atoms with Gasteiger partial charge in [0.05, 0.1) is 31.5 Å². The lowest BCUT2D eigenvalue weighted by Crippen LogP contribution is -2.37. The number of benzene rings is 3. The van der Waals surface area contributed by atoms with Crippen LogP contribution in [0.25, 0.3) is 49.0 Å². The molecule has 28 heavy (non-hydrogen) atoms. The summed E-state index contributed by atoms with van der Waals surface area (Å²) in [7, 11) is -1.53. The Balaban J connectivity index is 2.05. The van der Waals surface area contributed by atoms with E-state index < -0.39 is 8.07 Å². The average molecular weight is 380 g/mol. The van der Waals surface area contributed by atoms with Gasteiger partial charge in [-0.2, -0.15) is 0 Å². The third kappa shape index (κ3) is 1.95. The second kappa shape index (κ2) is 5.12. The lowest BCUT2D eigenvalue weighted by atomic mass is 10.0. The van der Waals surface area contributed by atoms with E-state index in [0.29, 0.717) is 6.17 Å². The van der Waals surface area contributed by atoms with Crippen LogP contribution in [0.4, 0.5) is 0 Å². The molecule has 0 amide bonds. The van der Waals surface area contributed by atoms with Crippen molar-refractivity contribution in [2.45, 2.75) is 26.6 Å². The van der Waals surface area contributed by atoms with Gasteiger partial charge in [-0.25, -0.2) is 0 Å². The number of fused-ring (bicyclic) bond motifs is 5. The van der Waals surface area contributed by atoms with Gasteiger partial charge < -0.3 is 4.40 Å². The van der Waals surface area contributed by atoms with Crippen LogP contribution in [-0.4, -0.2) is 17.5 Å². The predicted molar refractivity (Wildman–Crippen MR) is 124 cm³/mol. The molecule has 3 aromatic carbocycles. The Morgan fingerprint density at radius 2 is 1.68 bits per heavy atom. The zero-order chi connectivity index (χ0) is 20.1. The molecule has 3 aromatic heterocycles. The zero-order valence-corrected chi connectivity index (χ0v) is 17.6. The second-order valence-corrected chi connectivity index (χ2v) is 14.1. The molecule has 0 N–H and O–H groups in total. The number of hydrogen-bond acceptors (Lipinski definition) is 1. The molecule has 0 unspecified atom stereocenters. The molecule has 3 heteroatoms. The molecule has 0 atom stereocenters. The number of hydrogen-bond donors (Lipinski definition) is 0. The summed E-state index contributed by atoms with van der Waals surface area (Å²) >= 11 is 0. The Bertz CT molecular complexity index is 1600. The maximum absolute atomic E-state index is 8.37. The number of para-hydroxylation sites is 1. The van der Waals surface area contributed by atoms with Crippen molar-refractivity contribution in [3.8, 4) is 0 Å². The molecule has 0 bridgehead atoms. The van der Waals surface area contributed by atoms with Crippen molar-refractivity contribution in [3.05, 3.63) is 66.3 Å². The fourth-order valence-electron chi connectivity index (χ4n) is 4.72. The summed E-state index contributed by atoms with van der Waals surface area (Å²) in [5.41, 5.74) is 5.85. The molecule has 2 nitrogen and oxygen atoms in total. The minimum atomic E-state index is -1.53. The quantitative estimate of drug-likeness (QED) is 0.188. The fourth-order valence-corrected chi connectivity index (χ4v) is 5.88. The molecule has 0 aliphatic carbocycles. The van der Waals surface area contributed by atoms with Crippen LogP contribution in [0, 0.1) is 6.92 Å². The van der Waals surface area contributed by atoms with Crippen LogP contribution in [0.5, 0.6) is 0 Å². The van der Waals surface area contributed by atoms with Crippen LogP contribution in [0.2, 0.25) is 19.6 Å². The molecule has 6 rings (SSSR count). The Kier molecular flexibility index (Phi) is 2.75. The summed E-state index contributed by atoms with van der Waals surface area (Å²) in [6.45, 7) is 9.30. The number of pyridine rings is 2. The molecular weight excluding hydrogens is 356 g/mol. The van der Waals surface area contributed by atoms with E-state index in [-0.39, 0.29) is 0 Å². The Hall–Kier alpha value is -2.91. The minimum absolute atomic E-state index is 0.338. The first-order valence-corrected chi connectivity index (χ1v) is 13.3. The largest absolute Gasteiger partial charge is 0.308 e. The van der Waals surface area contributed by atoms with E-state index in [1.807, 2.05) is 6.07 Å². The summed E-state index contributed by atoms with van der Waals surface area (Å²) in [4.78, 5) is 4.72. The monoisotopic (exact) mass is 379 g/mol. The molecule has 0 aliphatic heterocycles. The number of rotatable bonds is 1. The van der Waals surface area contributed by atoms with E-state index >= 15 is 0 Å². The molecular formula is C25H22N2Si. The summed E-state index contributed by atoms with van der Waals surface area (Å²) in [6, 6.07) is 19.8. The van der Waals surface area contributed by atoms with Gasteiger partial charge >= 0.3 is 0 Å². The Morgan fingerprint density at radius 3 is 2.50 bits per heavy atom. The molecule has 0 spiro atoms. The molecule has 0 radical (unpaired) electrons. The highest BCUT2D eigenvalue weighted by atomic mass is 28.3. The van der Waals surface area contributed by atoms with Gasteiger partial charge in [0, 0.05) is 27.7 Å². The van der Waals surface area contributed by atoms with Gasteiger partial charge in [0.2, 0.25) is 0 Å². The third-order valence-corrected chi connectivity index (χ3v) is 8.08. The number of aromatic nitrogens is 2. The first-order valence-electron chi connectivity index (χ1n) is 10.3. The van der Waals surface area contributed by atoms with Gasteiger partial charge in [-0.05, 0) is 48.2 Å². The van der Waals surface area contributed by atoms with Crippen LogP contribution >= 0.6 is 0 Å². The lowest BCUT2D eigenvalue weighted by Gasteiger charge is -2.20. The predicted octanol–water partition coefficient (Wildman–Crippen LogP) is 6.24. The topological polar surface area (TPSA) is 17.3 Å². The van der Waals surface area contributed by atoms with Gasteiger partial charge in [0.15, 0.2) is 0 Å². The highest BCUT2D eigenvalue weighted by molar-refractivity contribution is 6.89. The highest BCUT2D eigenvalue weighted by Crippen LogP contribution is 2.40. The first-order chi connectivity index (χ1) is 13.8. The van der Waals surface area contributed by atoms with Crippen molar-refractivity contribution in [1.82, 2.24) is 9.38 Å². The standard InChI is InChI=1S/C25H22N2Si/c1-15-11-19-18-7-5-6-8-21(18)27-22-14-17(28(2,3)4)13-16-9-10-26-24(23(16)22)20(12-15)25(19)27/h5-14H,1-4H3/i10D. The molecule has 6 aromatic rings. The number of aryl methyl sites for hydroxylation is 1. The van der Waals surface area contributed by atoms with Crippen molar-refractivity contribution in [3.63, 3.8) is 0 Å². The number of nitrogens with zero attached hydrogens (tertiary/aromatic N) is 2. The van der Waals surface area contributed by atoms with E-state index in [9.17, 15) is 0 Å². The summed E-state index contributed by atoms with van der Waals surface area (Å²) < 4.78 is 10.8. The van der Waals surface area contributed by atoms with Gasteiger partial charge in [0.25, 0.3) is 0 Å². The van der Waals surface area contributed by atoms with Crippen LogP contribution in [0.3, 0.4) is 0 Å². The minimum Gasteiger partial charge on any atom is -0.308 e. The smallest absolute Gasteiger partial charge is 0.0840 e. The maximum Gasteiger partial charge on any atom is 0.0840 e. The maximum atomic E-state index is 8.37. The Morgan fingerprint density at radius 1 is 0.893 bits per heavy atom. The summed E-state index contributed by atoms with van der Waals surface area (Å²) in [5, 5.41) is 7.40. The van der Waals surface area contributed by atoms with E-state index in [1.54, 1.807) is 0 Å². The summed E-state index contributed by atoms with van der Waals surface area (Å²) in [5.74, 6) is 0. The SMILES string of the molecule is [2H]c1cc2cc([Si](C)(C)C)cc3c2c(n1)c1cc(C)cc2c4ccccc4n3c21. The van der Waals surface area contributed by atoms with Crippen molar-refractivity contribution >= 4 is 62.3 Å². The fraction of sp³-hybridized carbons (Fsp3) is 0.160.